The first-order chi connectivity index (χ1) is 13.7. The zero-order valence-electron chi connectivity index (χ0n) is 15.9. The monoisotopic (exact) mass is 375 g/mol. The molecule has 0 radical (unpaired) electrons. The molecule has 142 valence electrons. The van der Waals surface area contributed by atoms with Crippen molar-refractivity contribution < 1.29 is 14.2 Å². The highest BCUT2D eigenvalue weighted by Gasteiger charge is 2.35. The summed E-state index contributed by atoms with van der Waals surface area (Å²) in [7, 11) is 3.80. The molecule has 0 bridgehead atoms. The number of rotatable bonds is 3. The molecule has 0 saturated heterocycles. The lowest BCUT2D eigenvalue weighted by molar-refractivity contribution is 0.170. The minimum absolute atomic E-state index is 0.0504. The summed E-state index contributed by atoms with van der Waals surface area (Å²) in [4.78, 5) is 2.32. The average Bonchev–Trinajstić information content (AvgIpc) is 3.32. The summed E-state index contributed by atoms with van der Waals surface area (Å²) in [6, 6.07) is 12.6. The first kappa shape index (κ1) is 17.0. The molecule has 28 heavy (non-hydrogen) atoms. The van der Waals surface area contributed by atoms with E-state index in [1.165, 1.54) is 5.56 Å². The quantitative estimate of drug-likeness (QED) is 0.701. The van der Waals surface area contributed by atoms with Gasteiger partial charge >= 0.3 is 0 Å². The smallest absolute Gasteiger partial charge is 0.231 e. The van der Waals surface area contributed by atoms with E-state index in [1.54, 1.807) is 7.11 Å². The number of para-hydroxylation sites is 1. The average molecular weight is 375 g/mol. The van der Waals surface area contributed by atoms with Gasteiger partial charge in [0.1, 0.15) is 6.17 Å². The fourth-order valence-corrected chi connectivity index (χ4v) is 4.47. The van der Waals surface area contributed by atoms with Crippen molar-refractivity contribution in [1.82, 2.24) is 9.47 Å². The summed E-state index contributed by atoms with van der Waals surface area (Å²) in [6.45, 7) is 1.13. The second-order valence-corrected chi connectivity index (χ2v) is 7.23. The molecule has 0 saturated carbocycles. The normalized spacial score (nSPS) is 18.1. The number of benzene rings is 2. The summed E-state index contributed by atoms with van der Waals surface area (Å²) in [5, 5.41) is 10.4. The van der Waals surface area contributed by atoms with E-state index in [-0.39, 0.29) is 13.0 Å². The van der Waals surface area contributed by atoms with Gasteiger partial charge in [-0.1, -0.05) is 18.2 Å². The van der Waals surface area contributed by atoms with Crippen LogP contribution in [0.25, 0.3) is 10.9 Å². The first-order valence-corrected chi connectivity index (χ1v) is 9.38. The van der Waals surface area contributed by atoms with Crippen molar-refractivity contribution in [3.8, 4) is 23.3 Å². The topological polar surface area (TPSA) is 59.7 Å². The van der Waals surface area contributed by atoms with Gasteiger partial charge in [0.25, 0.3) is 0 Å². The van der Waals surface area contributed by atoms with Crippen molar-refractivity contribution in [2.24, 2.45) is 0 Å². The molecule has 1 atom stereocenters. The van der Waals surface area contributed by atoms with E-state index in [0.29, 0.717) is 12.2 Å². The van der Waals surface area contributed by atoms with Crippen molar-refractivity contribution in [1.29, 1.82) is 5.26 Å². The van der Waals surface area contributed by atoms with E-state index in [2.05, 4.69) is 47.0 Å². The van der Waals surface area contributed by atoms with Crippen LogP contribution >= 0.6 is 0 Å². The van der Waals surface area contributed by atoms with Crippen molar-refractivity contribution in [2.45, 2.75) is 19.0 Å². The van der Waals surface area contributed by atoms with E-state index < -0.39 is 0 Å². The van der Waals surface area contributed by atoms with Crippen LogP contribution in [0.15, 0.2) is 36.5 Å². The molecule has 6 heteroatoms. The van der Waals surface area contributed by atoms with Crippen LogP contribution in [-0.4, -0.2) is 37.0 Å². The van der Waals surface area contributed by atoms with Gasteiger partial charge in [0, 0.05) is 29.2 Å². The highest BCUT2D eigenvalue weighted by Crippen LogP contribution is 2.50. The molecular formula is C22H21N3O3. The van der Waals surface area contributed by atoms with Crippen molar-refractivity contribution >= 4 is 10.9 Å². The SMILES string of the molecule is COc1c2c(cc3c1C(n1cc(CC#N)c4ccccc41)N(C)CC3)OCO2. The Morgan fingerprint density at radius 3 is 2.96 bits per heavy atom. The Bertz CT molecular complexity index is 1110. The Kier molecular flexibility index (Phi) is 3.92. The maximum Gasteiger partial charge on any atom is 0.231 e. The van der Waals surface area contributed by atoms with Gasteiger partial charge in [-0.25, -0.2) is 0 Å². The second kappa shape index (κ2) is 6.47. The molecule has 0 aliphatic carbocycles. The maximum absolute atomic E-state index is 9.28. The zero-order valence-corrected chi connectivity index (χ0v) is 15.9. The molecular weight excluding hydrogens is 354 g/mol. The molecule has 2 aliphatic heterocycles. The van der Waals surface area contributed by atoms with Gasteiger partial charge in [-0.15, -0.1) is 0 Å². The molecule has 2 aliphatic rings. The highest BCUT2D eigenvalue weighted by atomic mass is 16.7. The minimum atomic E-state index is -0.0504. The summed E-state index contributed by atoms with van der Waals surface area (Å²) in [5.41, 5.74) is 4.46. The van der Waals surface area contributed by atoms with Crippen LogP contribution in [0.1, 0.15) is 22.9 Å². The predicted octanol–water partition coefficient (Wildman–Crippen LogP) is 3.48. The Morgan fingerprint density at radius 2 is 2.14 bits per heavy atom. The van der Waals surface area contributed by atoms with E-state index in [4.69, 9.17) is 14.2 Å². The molecule has 3 aromatic rings. The summed E-state index contributed by atoms with van der Waals surface area (Å²) in [5.74, 6) is 2.16. The molecule has 1 unspecified atom stereocenters. The Balaban J connectivity index is 1.77. The molecule has 5 rings (SSSR count). The third kappa shape index (κ3) is 2.36. The lowest BCUT2D eigenvalue weighted by Gasteiger charge is -2.37. The number of fused-ring (bicyclic) bond motifs is 3. The predicted molar refractivity (Wildman–Crippen MR) is 105 cm³/mol. The van der Waals surface area contributed by atoms with Gasteiger partial charge in [0.05, 0.1) is 19.6 Å². The maximum atomic E-state index is 9.28. The molecule has 0 amide bonds. The van der Waals surface area contributed by atoms with Gasteiger partial charge in [0.2, 0.25) is 12.5 Å². The van der Waals surface area contributed by atoms with Crippen molar-refractivity contribution in [2.75, 3.05) is 27.5 Å². The highest BCUT2D eigenvalue weighted by molar-refractivity contribution is 5.84. The van der Waals surface area contributed by atoms with Gasteiger partial charge in [-0.2, -0.15) is 5.26 Å². The van der Waals surface area contributed by atoms with Crippen LogP contribution in [0.3, 0.4) is 0 Å². The number of nitriles is 1. The number of methoxy groups -OCH3 is 1. The van der Waals surface area contributed by atoms with Crippen LogP contribution in [0.5, 0.6) is 17.2 Å². The zero-order chi connectivity index (χ0) is 19.3. The number of ether oxygens (including phenoxy) is 3. The fraction of sp³-hybridized carbons (Fsp3) is 0.318. The van der Waals surface area contributed by atoms with Gasteiger partial charge < -0.3 is 18.8 Å². The van der Waals surface area contributed by atoms with Crippen molar-refractivity contribution in [3.05, 3.63) is 53.2 Å². The van der Waals surface area contributed by atoms with Gasteiger partial charge in [-0.05, 0) is 36.7 Å². The summed E-state index contributed by atoms with van der Waals surface area (Å²) < 4.78 is 19.4. The third-order valence-electron chi connectivity index (χ3n) is 5.71. The Labute approximate surface area is 163 Å². The van der Waals surface area contributed by atoms with Crippen LogP contribution in [0, 0.1) is 11.3 Å². The first-order valence-electron chi connectivity index (χ1n) is 9.38. The number of nitrogens with zero attached hydrogens (tertiary/aromatic N) is 3. The van der Waals surface area contributed by atoms with E-state index >= 15 is 0 Å². The molecule has 0 fully saturated rings. The standard InChI is InChI=1S/C22H21N3O3/c1-24-10-8-14-11-18-20(28-13-27-18)21(26-2)19(14)22(24)25-12-15(7-9-23)16-5-3-4-6-17(16)25/h3-6,11-12,22H,7-8,10,13H2,1-2H3. The van der Waals surface area contributed by atoms with E-state index in [9.17, 15) is 5.26 Å². The van der Waals surface area contributed by atoms with Crippen LogP contribution in [-0.2, 0) is 12.8 Å². The summed E-state index contributed by atoms with van der Waals surface area (Å²) >= 11 is 0. The lowest BCUT2D eigenvalue weighted by Crippen LogP contribution is -2.36. The van der Waals surface area contributed by atoms with E-state index in [1.807, 2.05) is 12.1 Å². The van der Waals surface area contributed by atoms with Crippen LogP contribution < -0.4 is 14.2 Å². The summed E-state index contributed by atoms with van der Waals surface area (Å²) in [6.07, 6.45) is 3.36. The van der Waals surface area contributed by atoms with Gasteiger partial charge in [0.15, 0.2) is 11.5 Å². The number of likely N-dealkylation sites (N-methyl/N-ethyl adjacent to an activating group) is 1. The van der Waals surface area contributed by atoms with E-state index in [0.717, 1.165) is 46.5 Å². The molecule has 2 aromatic carbocycles. The van der Waals surface area contributed by atoms with Crippen molar-refractivity contribution in [3.63, 3.8) is 0 Å². The number of aromatic nitrogens is 1. The third-order valence-corrected chi connectivity index (χ3v) is 5.71. The molecule has 3 heterocycles. The second-order valence-electron chi connectivity index (χ2n) is 7.23. The minimum Gasteiger partial charge on any atom is -0.492 e. The molecule has 6 nitrogen and oxygen atoms in total. The Morgan fingerprint density at radius 1 is 1.29 bits per heavy atom. The number of hydrogen-bond donors (Lipinski definition) is 0. The number of hydrogen-bond acceptors (Lipinski definition) is 5. The van der Waals surface area contributed by atoms with Gasteiger partial charge in [-0.3, -0.25) is 4.90 Å². The fourth-order valence-electron chi connectivity index (χ4n) is 4.47. The molecule has 0 N–H and O–H groups in total. The van der Waals surface area contributed by atoms with Crippen LogP contribution in [0.2, 0.25) is 0 Å². The largest absolute Gasteiger partial charge is 0.492 e. The Hall–Kier alpha value is -3.17. The lowest BCUT2D eigenvalue weighted by atomic mass is 9.94. The molecule has 1 aromatic heterocycles. The molecule has 0 spiro atoms. The van der Waals surface area contributed by atoms with Crippen LogP contribution in [0.4, 0.5) is 0 Å².